The topological polar surface area (TPSA) is 61.0 Å². The maximum Gasteiger partial charge on any atom is 0.160 e. The zero-order valence-corrected chi connectivity index (χ0v) is 28.4. The van der Waals surface area contributed by atoms with Crippen LogP contribution in [0.4, 0.5) is 0 Å². The van der Waals surface area contributed by atoms with E-state index in [2.05, 4.69) is 108 Å². The van der Waals surface area contributed by atoms with Gasteiger partial charge in [0.1, 0.15) is 22.7 Å². The molecular formula is C48H29N3O2. The third-order valence-electron chi connectivity index (χ3n) is 10.7. The summed E-state index contributed by atoms with van der Waals surface area (Å²) in [6.45, 7) is 0. The maximum absolute atomic E-state index is 6.85. The molecule has 1 aliphatic carbocycles. The Morgan fingerprint density at radius 1 is 0.453 bits per heavy atom. The molecule has 0 N–H and O–H groups in total. The van der Waals surface area contributed by atoms with Crippen molar-refractivity contribution in [2.45, 2.75) is 5.41 Å². The van der Waals surface area contributed by atoms with Gasteiger partial charge < -0.3 is 9.15 Å². The van der Waals surface area contributed by atoms with Crippen LogP contribution in [-0.2, 0) is 5.41 Å². The fraction of sp³-hybridized carbons (Fsp3) is 0.0208. The molecule has 0 saturated heterocycles. The van der Waals surface area contributed by atoms with Gasteiger partial charge in [0.15, 0.2) is 5.82 Å². The van der Waals surface area contributed by atoms with Gasteiger partial charge in [-0.15, -0.1) is 0 Å². The average Bonchev–Trinajstić information content (AvgIpc) is 3.52. The first kappa shape index (κ1) is 29.6. The molecule has 53 heavy (non-hydrogen) atoms. The molecule has 1 spiro atoms. The number of fused-ring (bicyclic) bond motifs is 11. The standard InChI is InChI=1S/C48H29N3O2/c1-2-12-32(13-3-1)41-28-42(34-14-10-24-49-29-34)51-47(50-41)33-23-22-31-21-20-30-11-4-6-16-37(30)48(39(31)25-33)38-17-7-9-19-44(38)53-46-26-36-35-15-5-8-18-43(35)52-45(36)27-40(46)48/h1-29H. The van der Waals surface area contributed by atoms with Crippen molar-refractivity contribution in [1.82, 2.24) is 15.0 Å². The molecule has 1 atom stereocenters. The normalized spacial score (nSPS) is 15.3. The van der Waals surface area contributed by atoms with Crippen LogP contribution < -0.4 is 4.74 Å². The van der Waals surface area contributed by atoms with E-state index in [4.69, 9.17) is 19.1 Å². The monoisotopic (exact) mass is 679 g/mol. The predicted molar refractivity (Wildman–Crippen MR) is 211 cm³/mol. The Balaban J connectivity index is 1.23. The lowest BCUT2D eigenvalue weighted by atomic mass is 9.62. The fourth-order valence-corrected chi connectivity index (χ4v) is 8.31. The number of rotatable bonds is 3. The molecule has 3 aromatic heterocycles. The highest BCUT2D eigenvalue weighted by atomic mass is 16.5. The summed E-state index contributed by atoms with van der Waals surface area (Å²) in [6.07, 6.45) is 8.09. The molecule has 4 heterocycles. The van der Waals surface area contributed by atoms with Crippen molar-refractivity contribution in [3.63, 3.8) is 0 Å². The molecule has 5 heteroatoms. The number of hydrogen-bond donors (Lipinski definition) is 0. The van der Waals surface area contributed by atoms with Gasteiger partial charge in [0.2, 0.25) is 0 Å². The summed E-state index contributed by atoms with van der Waals surface area (Å²) in [6, 6.07) is 52.6. The first-order valence-electron chi connectivity index (χ1n) is 17.7. The van der Waals surface area contributed by atoms with Crippen molar-refractivity contribution < 1.29 is 9.15 Å². The van der Waals surface area contributed by atoms with Gasteiger partial charge >= 0.3 is 0 Å². The van der Waals surface area contributed by atoms with Crippen molar-refractivity contribution in [3.8, 4) is 45.4 Å². The summed E-state index contributed by atoms with van der Waals surface area (Å²) in [5.74, 6) is 2.26. The lowest BCUT2D eigenvalue weighted by molar-refractivity contribution is 0.435. The van der Waals surface area contributed by atoms with Gasteiger partial charge in [0.05, 0.1) is 16.8 Å². The maximum atomic E-state index is 6.85. The second kappa shape index (κ2) is 11.5. The summed E-state index contributed by atoms with van der Waals surface area (Å²) in [5.41, 5.74) is 12.0. The van der Waals surface area contributed by atoms with Crippen LogP contribution >= 0.6 is 0 Å². The number of furan rings is 1. The molecule has 0 saturated carbocycles. The number of pyridine rings is 1. The Labute approximate surface area is 305 Å². The molecule has 0 radical (unpaired) electrons. The Morgan fingerprint density at radius 2 is 1.19 bits per heavy atom. The van der Waals surface area contributed by atoms with Gasteiger partial charge in [-0.1, -0.05) is 115 Å². The van der Waals surface area contributed by atoms with Crippen molar-refractivity contribution in [1.29, 1.82) is 0 Å². The lowest BCUT2D eigenvalue weighted by Crippen LogP contribution is -2.35. The second-order valence-electron chi connectivity index (χ2n) is 13.6. The number of ether oxygens (including phenoxy) is 1. The van der Waals surface area contributed by atoms with E-state index in [0.717, 1.165) is 94.9 Å². The van der Waals surface area contributed by atoms with Crippen molar-refractivity contribution in [3.05, 3.63) is 197 Å². The van der Waals surface area contributed by atoms with Crippen LogP contribution in [0.5, 0.6) is 11.5 Å². The van der Waals surface area contributed by atoms with E-state index in [9.17, 15) is 0 Å². The van der Waals surface area contributed by atoms with Crippen LogP contribution in [-0.4, -0.2) is 15.0 Å². The summed E-state index contributed by atoms with van der Waals surface area (Å²) in [7, 11) is 0. The Hall–Kier alpha value is -7.11. The van der Waals surface area contributed by atoms with E-state index < -0.39 is 5.41 Å². The molecule has 0 amide bonds. The van der Waals surface area contributed by atoms with E-state index in [1.54, 1.807) is 6.20 Å². The summed E-state index contributed by atoms with van der Waals surface area (Å²) in [5, 5.41) is 2.09. The van der Waals surface area contributed by atoms with Crippen LogP contribution in [0.15, 0.2) is 168 Å². The number of hydrogen-bond acceptors (Lipinski definition) is 5. The molecule has 0 fully saturated rings. The molecule has 9 aromatic rings. The minimum atomic E-state index is -0.772. The third-order valence-corrected chi connectivity index (χ3v) is 10.7. The summed E-state index contributed by atoms with van der Waals surface area (Å²) < 4.78 is 13.4. The smallest absolute Gasteiger partial charge is 0.160 e. The zero-order valence-electron chi connectivity index (χ0n) is 28.4. The van der Waals surface area contributed by atoms with Crippen LogP contribution in [0, 0.1) is 0 Å². The number of nitrogens with zero attached hydrogens (tertiary/aromatic N) is 3. The lowest BCUT2D eigenvalue weighted by Gasteiger charge is -2.42. The van der Waals surface area contributed by atoms with E-state index in [1.165, 1.54) is 0 Å². The van der Waals surface area contributed by atoms with Crippen LogP contribution in [0.1, 0.15) is 33.4 Å². The minimum absolute atomic E-state index is 0.637. The highest BCUT2D eigenvalue weighted by Crippen LogP contribution is 2.59. The highest BCUT2D eigenvalue weighted by molar-refractivity contribution is 6.06. The molecule has 6 aromatic carbocycles. The van der Waals surface area contributed by atoms with E-state index in [-0.39, 0.29) is 0 Å². The van der Waals surface area contributed by atoms with Gasteiger partial charge in [-0.25, -0.2) is 9.97 Å². The minimum Gasteiger partial charge on any atom is -0.457 e. The quantitative estimate of drug-likeness (QED) is 0.186. The average molecular weight is 680 g/mol. The molecule has 1 unspecified atom stereocenters. The third kappa shape index (κ3) is 4.47. The van der Waals surface area contributed by atoms with Crippen molar-refractivity contribution in [2.24, 2.45) is 0 Å². The second-order valence-corrected chi connectivity index (χ2v) is 13.6. The van der Waals surface area contributed by atoms with Crippen molar-refractivity contribution >= 4 is 34.1 Å². The van der Waals surface area contributed by atoms with Gasteiger partial charge in [0.25, 0.3) is 0 Å². The SMILES string of the molecule is C1=Cc2ccc(-c3nc(-c4ccccc4)cc(-c4cccnc4)n3)cc2C2(c3ccccc31)c1ccccc1Oc1cc3c(cc12)oc1ccccc13. The molecule has 5 nitrogen and oxygen atoms in total. The number of benzene rings is 6. The molecule has 0 bridgehead atoms. The van der Waals surface area contributed by atoms with Crippen LogP contribution in [0.25, 0.3) is 68.0 Å². The summed E-state index contributed by atoms with van der Waals surface area (Å²) >= 11 is 0. The molecule has 248 valence electrons. The van der Waals surface area contributed by atoms with Gasteiger partial charge in [0, 0.05) is 51.0 Å². The predicted octanol–water partition coefficient (Wildman–Crippen LogP) is 11.7. The Bertz CT molecular complexity index is 2870. The van der Waals surface area contributed by atoms with E-state index in [1.807, 2.05) is 66.9 Å². The van der Waals surface area contributed by atoms with Crippen LogP contribution in [0.2, 0.25) is 0 Å². The first-order chi connectivity index (χ1) is 26.2. The molecule has 1 aliphatic heterocycles. The van der Waals surface area contributed by atoms with Gasteiger partial charge in [-0.05, 0) is 70.8 Å². The highest BCUT2D eigenvalue weighted by Gasteiger charge is 2.48. The Kier molecular flexibility index (Phi) is 6.40. The molecular weight excluding hydrogens is 651 g/mol. The Morgan fingerprint density at radius 3 is 2.06 bits per heavy atom. The van der Waals surface area contributed by atoms with Gasteiger partial charge in [-0.3, -0.25) is 4.98 Å². The van der Waals surface area contributed by atoms with Crippen LogP contribution in [0.3, 0.4) is 0 Å². The fourth-order valence-electron chi connectivity index (χ4n) is 8.31. The molecule has 11 rings (SSSR count). The van der Waals surface area contributed by atoms with Crippen molar-refractivity contribution in [2.75, 3.05) is 0 Å². The first-order valence-corrected chi connectivity index (χ1v) is 17.7. The van der Waals surface area contributed by atoms with E-state index in [0.29, 0.717) is 5.82 Å². The van der Waals surface area contributed by atoms with Gasteiger partial charge in [-0.2, -0.15) is 0 Å². The molecule has 2 aliphatic rings. The summed E-state index contributed by atoms with van der Waals surface area (Å²) in [4.78, 5) is 14.8. The zero-order chi connectivity index (χ0) is 34.9. The largest absolute Gasteiger partial charge is 0.457 e. The van der Waals surface area contributed by atoms with E-state index >= 15 is 0 Å². The number of aromatic nitrogens is 3. The number of para-hydroxylation sites is 2.